The smallest absolute Gasteiger partial charge is 0.170 e. The maximum absolute atomic E-state index is 15.1. The number of fused-ring (bicyclic) bond motifs is 1. The fourth-order valence-corrected chi connectivity index (χ4v) is 5.60. The van der Waals surface area contributed by atoms with Crippen molar-refractivity contribution in [2.24, 2.45) is 0 Å². The Hall–Kier alpha value is -2.67. The zero-order valence-electron chi connectivity index (χ0n) is 19.4. The number of hydrogen-bond acceptors (Lipinski definition) is 6. The highest BCUT2D eigenvalue weighted by molar-refractivity contribution is 6.35. The summed E-state index contributed by atoms with van der Waals surface area (Å²) in [5, 5.41) is 1.48. The van der Waals surface area contributed by atoms with Gasteiger partial charge in [0.15, 0.2) is 11.5 Å². The Morgan fingerprint density at radius 1 is 1.06 bits per heavy atom. The van der Waals surface area contributed by atoms with Crippen LogP contribution in [0.25, 0.3) is 10.9 Å². The lowest BCUT2D eigenvalue weighted by Gasteiger charge is -2.34. The van der Waals surface area contributed by atoms with Gasteiger partial charge in [0.05, 0.1) is 23.3 Å². The summed E-state index contributed by atoms with van der Waals surface area (Å²) in [6, 6.07) is 8.00. The van der Waals surface area contributed by atoms with E-state index in [1.54, 1.807) is 7.11 Å². The van der Waals surface area contributed by atoms with Crippen LogP contribution in [0.2, 0.25) is 5.02 Å². The van der Waals surface area contributed by atoms with Crippen LogP contribution in [0.3, 0.4) is 0 Å². The summed E-state index contributed by atoms with van der Waals surface area (Å²) >= 11 is 6.75. The van der Waals surface area contributed by atoms with Crippen molar-refractivity contribution in [1.82, 2.24) is 15.0 Å². The number of hydrogen-bond donors (Lipinski definition) is 0. The minimum atomic E-state index is -1.42. The van der Waals surface area contributed by atoms with Gasteiger partial charge in [-0.1, -0.05) is 11.6 Å². The van der Waals surface area contributed by atoms with E-state index in [-0.39, 0.29) is 5.82 Å². The van der Waals surface area contributed by atoms with Gasteiger partial charge in [0, 0.05) is 49.4 Å². The minimum Gasteiger partial charge on any atom is -0.495 e. The van der Waals surface area contributed by atoms with Crippen LogP contribution in [0.5, 0.6) is 5.75 Å². The van der Waals surface area contributed by atoms with Crippen LogP contribution in [0.4, 0.5) is 15.9 Å². The number of aromatic nitrogens is 3. The van der Waals surface area contributed by atoms with Crippen molar-refractivity contribution in [3.05, 3.63) is 47.0 Å². The Bertz CT molecular complexity index is 1220. The van der Waals surface area contributed by atoms with Crippen LogP contribution in [0, 0.1) is 0 Å². The van der Waals surface area contributed by atoms with Gasteiger partial charge in [-0.25, -0.2) is 14.4 Å². The van der Waals surface area contributed by atoms with Crippen molar-refractivity contribution >= 4 is 34.0 Å². The molecule has 2 saturated heterocycles. The fourth-order valence-electron chi connectivity index (χ4n) is 5.34. The summed E-state index contributed by atoms with van der Waals surface area (Å²) in [6.07, 6.45) is 7.00. The van der Waals surface area contributed by atoms with E-state index in [0.29, 0.717) is 29.3 Å². The molecule has 1 aliphatic carbocycles. The third kappa shape index (κ3) is 3.84. The molecule has 178 valence electrons. The summed E-state index contributed by atoms with van der Waals surface area (Å²) in [7, 11) is 1.69. The molecule has 0 atom stereocenters. The fraction of sp³-hybridized carbons (Fsp3) is 0.500. The number of benzene rings is 1. The van der Waals surface area contributed by atoms with Gasteiger partial charge in [-0.05, 0) is 62.8 Å². The van der Waals surface area contributed by atoms with Crippen molar-refractivity contribution in [3.8, 4) is 5.75 Å². The van der Waals surface area contributed by atoms with Gasteiger partial charge >= 0.3 is 0 Å². The number of halogens is 2. The molecule has 6 nitrogen and oxygen atoms in total. The topological polar surface area (TPSA) is 54.4 Å². The molecule has 0 spiro atoms. The number of piperidine rings is 1. The summed E-state index contributed by atoms with van der Waals surface area (Å²) in [4.78, 5) is 18.7. The second kappa shape index (κ2) is 8.52. The number of pyridine rings is 1. The maximum Gasteiger partial charge on any atom is 0.170 e. The Labute approximate surface area is 204 Å². The van der Waals surface area contributed by atoms with E-state index >= 15 is 4.39 Å². The highest BCUT2D eigenvalue weighted by Crippen LogP contribution is 2.49. The van der Waals surface area contributed by atoms with E-state index in [4.69, 9.17) is 21.3 Å². The van der Waals surface area contributed by atoms with E-state index in [0.717, 1.165) is 67.4 Å². The lowest BCUT2D eigenvalue weighted by molar-refractivity contribution is 0.301. The summed E-state index contributed by atoms with van der Waals surface area (Å²) in [6.45, 7) is 3.67. The summed E-state index contributed by atoms with van der Waals surface area (Å²) < 4.78 is 20.7. The molecule has 0 radical (unpaired) electrons. The number of methoxy groups -OCH3 is 1. The Morgan fingerprint density at radius 3 is 2.53 bits per heavy atom. The monoisotopic (exact) mass is 481 g/mol. The molecule has 1 aromatic carbocycles. The molecule has 0 unspecified atom stereocenters. The minimum absolute atomic E-state index is 0.277. The molecule has 2 aliphatic heterocycles. The highest BCUT2D eigenvalue weighted by atomic mass is 35.5. The van der Waals surface area contributed by atoms with E-state index in [9.17, 15) is 0 Å². The van der Waals surface area contributed by atoms with Gasteiger partial charge in [-0.2, -0.15) is 0 Å². The summed E-state index contributed by atoms with van der Waals surface area (Å²) in [5.74, 6) is 2.24. The second-order valence-corrected chi connectivity index (χ2v) is 10.1. The first-order valence-corrected chi connectivity index (χ1v) is 12.6. The first-order chi connectivity index (χ1) is 16.6. The van der Waals surface area contributed by atoms with Gasteiger partial charge < -0.3 is 14.5 Å². The largest absolute Gasteiger partial charge is 0.495 e. The molecule has 0 bridgehead atoms. The molecule has 3 aromatic rings. The average molecular weight is 482 g/mol. The van der Waals surface area contributed by atoms with Crippen molar-refractivity contribution < 1.29 is 9.13 Å². The molecule has 3 aliphatic rings. The Morgan fingerprint density at radius 2 is 1.82 bits per heavy atom. The molecule has 34 heavy (non-hydrogen) atoms. The predicted octanol–water partition coefficient (Wildman–Crippen LogP) is 5.63. The number of rotatable bonds is 5. The van der Waals surface area contributed by atoms with E-state index in [1.807, 2.05) is 24.4 Å². The van der Waals surface area contributed by atoms with Gasteiger partial charge in [0.2, 0.25) is 0 Å². The zero-order chi connectivity index (χ0) is 23.3. The van der Waals surface area contributed by atoms with Crippen LogP contribution in [-0.4, -0.2) is 48.2 Å². The van der Waals surface area contributed by atoms with Crippen molar-refractivity contribution in [3.63, 3.8) is 0 Å². The van der Waals surface area contributed by atoms with Crippen LogP contribution in [0.15, 0.2) is 30.5 Å². The highest BCUT2D eigenvalue weighted by Gasteiger charge is 2.48. The summed E-state index contributed by atoms with van der Waals surface area (Å²) in [5.41, 5.74) is 1.35. The van der Waals surface area contributed by atoms with Crippen molar-refractivity contribution in [1.29, 1.82) is 0 Å². The Kier molecular flexibility index (Phi) is 5.47. The molecule has 1 saturated carbocycles. The van der Waals surface area contributed by atoms with E-state index in [1.165, 1.54) is 12.8 Å². The number of anilines is 2. The average Bonchev–Trinajstić information content (AvgIpc) is 3.39. The SMILES string of the molecule is COc1cccnc1C1CCN(c2nc(C3(F)CC3)nc3c(Cl)cc(N4CCCC4)cc23)CC1. The van der Waals surface area contributed by atoms with E-state index < -0.39 is 5.67 Å². The van der Waals surface area contributed by atoms with Gasteiger partial charge in [0.25, 0.3) is 0 Å². The first kappa shape index (κ1) is 21.8. The van der Waals surface area contributed by atoms with Crippen molar-refractivity contribution in [2.45, 2.75) is 50.1 Å². The zero-order valence-corrected chi connectivity index (χ0v) is 20.2. The van der Waals surface area contributed by atoms with E-state index in [2.05, 4.69) is 25.8 Å². The van der Waals surface area contributed by atoms with Crippen LogP contribution in [0.1, 0.15) is 56.0 Å². The molecule has 0 amide bonds. The number of alkyl halides is 1. The lowest BCUT2D eigenvalue weighted by atomic mass is 9.92. The molecule has 8 heteroatoms. The van der Waals surface area contributed by atoms with Crippen LogP contribution in [-0.2, 0) is 5.67 Å². The quantitative estimate of drug-likeness (QED) is 0.470. The molecule has 6 rings (SSSR count). The third-order valence-electron chi connectivity index (χ3n) is 7.48. The van der Waals surface area contributed by atoms with Gasteiger partial charge in [-0.3, -0.25) is 4.98 Å². The standard InChI is InChI=1S/C26H29ClFN5O/c1-34-21-5-4-10-29-22(21)17-6-13-33(14-7-17)24-19-15-18(32-11-2-3-12-32)16-20(27)23(19)30-25(31-24)26(28)8-9-26/h4-5,10,15-17H,2-3,6-9,11-14H2,1H3. The number of nitrogens with zero attached hydrogens (tertiary/aromatic N) is 5. The normalized spacial score (nSPS) is 20.2. The first-order valence-electron chi connectivity index (χ1n) is 12.3. The van der Waals surface area contributed by atoms with Crippen LogP contribution < -0.4 is 14.5 Å². The molecule has 0 N–H and O–H groups in total. The lowest BCUT2D eigenvalue weighted by Crippen LogP contribution is -2.34. The van der Waals surface area contributed by atoms with Crippen molar-refractivity contribution in [2.75, 3.05) is 43.1 Å². The van der Waals surface area contributed by atoms with Crippen LogP contribution >= 0.6 is 11.6 Å². The molecular weight excluding hydrogens is 453 g/mol. The maximum atomic E-state index is 15.1. The third-order valence-corrected chi connectivity index (χ3v) is 7.77. The van der Waals surface area contributed by atoms with Gasteiger partial charge in [-0.15, -0.1) is 0 Å². The predicted molar refractivity (Wildman–Crippen MR) is 133 cm³/mol. The van der Waals surface area contributed by atoms with Gasteiger partial charge in [0.1, 0.15) is 11.6 Å². The number of ether oxygens (including phenoxy) is 1. The molecule has 3 fully saturated rings. The molecule has 4 heterocycles. The molecule has 2 aromatic heterocycles. The molecular formula is C26H29ClFN5O. The Balaban J connectivity index is 1.37. The second-order valence-electron chi connectivity index (χ2n) is 9.71.